The smallest absolute Gasteiger partial charge is 0.124 e. The van der Waals surface area contributed by atoms with Gasteiger partial charge in [-0.05, 0) is 44.5 Å². The molecule has 0 saturated heterocycles. The van der Waals surface area contributed by atoms with Crippen LogP contribution in [0, 0.1) is 5.82 Å². The van der Waals surface area contributed by atoms with Crippen molar-refractivity contribution in [2.24, 2.45) is 0 Å². The van der Waals surface area contributed by atoms with E-state index in [0.29, 0.717) is 5.02 Å². The SMILES string of the molecule is C/C=C/CCNC(C)c1ccc(F)cc1Cl. The average molecular weight is 242 g/mol. The van der Waals surface area contributed by atoms with Crippen molar-refractivity contribution in [1.82, 2.24) is 5.32 Å². The van der Waals surface area contributed by atoms with E-state index < -0.39 is 0 Å². The number of hydrogen-bond donors (Lipinski definition) is 1. The molecule has 88 valence electrons. The van der Waals surface area contributed by atoms with Crippen molar-refractivity contribution in [3.05, 3.63) is 46.8 Å². The Kier molecular flexibility index (Phi) is 5.50. The first-order chi connectivity index (χ1) is 7.65. The molecular formula is C13H17ClFN. The summed E-state index contributed by atoms with van der Waals surface area (Å²) in [6, 6.07) is 4.65. The van der Waals surface area contributed by atoms with Gasteiger partial charge in [-0.3, -0.25) is 0 Å². The maximum Gasteiger partial charge on any atom is 0.124 e. The lowest BCUT2D eigenvalue weighted by molar-refractivity contribution is 0.577. The van der Waals surface area contributed by atoms with Crippen LogP contribution in [0.3, 0.4) is 0 Å². The predicted octanol–water partition coefficient (Wildman–Crippen LogP) is 4.10. The highest BCUT2D eigenvalue weighted by Crippen LogP contribution is 2.23. The molecule has 16 heavy (non-hydrogen) atoms. The molecule has 0 bridgehead atoms. The van der Waals surface area contributed by atoms with Gasteiger partial charge in [0.15, 0.2) is 0 Å². The van der Waals surface area contributed by atoms with Crippen LogP contribution in [0.2, 0.25) is 5.02 Å². The Morgan fingerprint density at radius 1 is 1.50 bits per heavy atom. The molecule has 1 aromatic rings. The molecule has 0 aliphatic carbocycles. The van der Waals surface area contributed by atoms with Gasteiger partial charge in [-0.15, -0.1) is 0 Å². The molecule has 1 nitrogen and oxygen atoms in total. The van der Waals surface area contributed by atoms with Crippen LogP contribution in [0.5, 0.6) is 0 Å². The van der Waals surface area contributed by atoms with Crippen molar-refractivity contribution in [3.63, 3.8) is 0 Å². The number of rotatable bonds is 5. The fourth-order valence-corrected chi connectivity index (χ4v) is 1.84. The molecule has 0 aromatic heterocycles. The van der Waals surface area contributed by atoms with Crippen molar-refractivity contribution in [2.45, 2.75) is 26.3 Å². The van der Waals surface area contributed by atoms with Gasteiger partial charge in [-0.25, -0.2) is 4.39 Å². The first-order valence-electron chi connectivity index (χ1n) is 5.44. The number of hydrogen-bond acceptors (Lipinski definition) is 1. The first-order valence-corrected chi connectivity index (χ1v) is 5.82. The Bertz CT molecular complexity index is 363. The van der Waals surface area contributed by atoms with E-state index in [1.165, 1.54) is 12.1 Å². The van der Waals surface area contributed by atoms with Crippen molar-refractivity contribution in [2.75, 3.05) is 6.54 Å². The minimum Gasteiger partial charge on any atom is -0.310 e. The lowest BCUT2D eigenvalue weighted by Gasteiger charge is -2.15. The van der Waals surface area contributed by atoms with Gasteiger partial charge >= 0.3 is 0 Å². The van der Waals surface area contributed by atoms with E-state index in [1.54, 1.807) is 6.07 Å². The Balaban J connectivity index is 2.55. The van der Waals surface area contributed by atoms with Crippen LogP contribution in [-0.4, -0.2) is 6.54 Å². The molecule has 0 spiro atoms. The van der Waals surface area contributed by atoms with Gasteiger partial charge in [0, 0.05) is 11.1 Å². The minimum absolute atomic E-state index is 0.137. The Morgan fingerprint density at radius 3 is 2.88 bits per heavy atom. The summed E-state index contributed by atoms with van der Waals surface area (Å²) in [4.78, 5) is 0. The van der Waals surface area contributed by atoms with Crippen LogP contribution in [0.1, 0.15) is 31.9 Å². The van der Waals surface area contributed by atoms with Crippen LogP contribution in [0.15, 0.2) is 30.4 Å². The zero-order valence-electron chi connectivity index (χ0n) is 9.63. The van der Waals surface area contributed by atoms with Crippen LogP contribution in [0.4, 0.5) is 4.39 Å². The topological polar surface area (TPSA) is 12.0 Å². The van der Waals surface area contributed by atoms with E-state index in [9.17, 15) is 4.39 Å². The van der Waals surface area contributed by atoms with Gasteiger partial charge in [-0.1, -0.05) is 29.8 Å². The van der Waals surface area contributed by atoms with E-state index in [-0.39, 0.29) is 11.9 Å². The second kappa shape index (κ2) is 6.66. The lowest BCUT2D eigenvalue weighted by Crippen LogP contribution is -2.19. The summed E-state index contributed by atoms with van der Waals surface area (Å²) >= 11 is 5.97. The van der Waals surface area contributed by atoms with Crippen LogP contribution >= 0.6 is 11.6 Å². The van der Waals surface area contributed by atoms with E-state index in [0.717, 1.165) is 18.5 Å². The largest absolute Gasteiger partial charge is 0.310 e. The van der Waals surface area contributed by atoms with Crippen LogP contribution < -0.4 is 5.32 Å². The summed E-state index contributed by atoms with van der Waals surface area (Å²) < 4.78 is 12.8. The fraction of sp³-hybridized carbons (Fsp3) is 0.385. The summed E-state index contributed by atoms with van der Waals surface area (Å²) in [5, 5.41) is 3.81. The third-order valence-corrected chi connectivity index (χ3v) is 2.75. The molecule has 0 radical (unpaired) electrons. The van der Waals surface area contributed by atoms with E-state index >= 15 is 0 Å². The summed E-state index contributed by atoms with van der Waals surface area (Å²) in [7, 11) is 0. The van der Waals surface area contributed by atoms with Crippen molar-refractivity contribution in [1.29, 1.82) is 0 Å². The molecule has 0 amide bonds. The number of halogens is 2. The van der Waals surface area contributed by atoms with Crippen molar-refractivity contribution in [3.8, 4) is 0 Å². The third-order valence-electron chi connectivity index (χ3n) is 2.43. The second-order valence-corrected chi connectivity index (χ2v) is 4.11. The van der Waals surface area contributed by atoms with Gasteiger partial charge < -0.3 is 5.32 Å². The minimum atomic E-state index is -0.296. The number of nitrogens with one attached hydrogen (secondary N) is 1. The highest BCUT2D eigenvalue weighted by molar-refractivity contribution is 6.31. The number of benzene rings is 1. The van der Waals surface area contributed by atoms with Gasteiger partial charge in [0.2, 0.25) is 0 Å². The Labute approximate surface area is 101 Å². The molecule has 0 fully saturated rings. The summed E-state index contributed by atoms with van der Waals surface area (Å²) in [6.45, 7) is 4.91. The molecule has 1 unspecified atom stereocenters. The zero-order valence-corrected chi connectivity index (χ0v) is 10.4. The Morgan fingerprint density at radius 2 is 2.25 bits per heavy atom. The summed E-state index contributed by atoms with van der Waals surface area (Å²) in [5.41, 5.74) is 0.934. The normalized spacial score (nSPS) is 13.2. The summed E-state index contributed by atoms with van der Waals surface area (Å²) in [5.74, 6) is -0.296. The quantitative estimate of drug-likeness (QED) is 0.605. The first kappa shape index (κ1) is 13.2. The summed E-state index contributed by atoms with van der Waals surface area (Å²) in [6.07, 6.45) is 5.11. The van der Waals surface area contributed by atoms with E-state index in [4.69, 9.17) is 11.6 Å². The third kappa shape index (κ3) is 3.95. The molecule has 0 aliphatic rings. The Hall–Kier alpha value is -0.860. The highest BCUT2D eigenvalue weighted by atomic mass is 35.5. The standard InChI is InChI=1S/C13H17ClFN/c1-3-4-5-8-16-10(2)12-7-6-11(15)9-13(12)14/h3-4,6-7,9-10,16H,5,8H2,1-2H3/b4-3+. The van der Waals surface area contributed by atoms with E-state index in [1.807, 2.05) is 19.9 Å². The van der Waals surface area contributed by atoms with Crippen molar-refractivity contribution >= 4 is 11.6 Å². The molecule has 1 aromatic carbocycles. The van der Waals surface area contributed by atoms with Gasteiger partial charge in [0.1, 0.15) is 5.82 Å². The monoisotopic (exact) mass is 241 g/mol. The van der Waals surface area contributed by atoms with Gasteiger partial charge in [0.05, 0.1) is 0 Å². The lowest BCUT2D eigenvalue weighted by atomic mass is 10.1. The molecule has 1 N–H and O–H groups in total. The molecular weight excluding hydrogens is 225 g/mol. The average Bonchev–Trinajstić information content (AvgIpc) is 2.24. The second-order valence-electron chi connectivity index (χ2n) is 3.70. The fourth-order valence-electron chi connectivity index (χ4n) is 1.51. The van der Waals surface area contributed by atoms with Gasteiger partial charge in [0.25, 0.3) is 0 Å². The van der Waals surface area contributed by atoms with Crippen molar-refractivity contribution < 1.29 is 4.39 Å². The molecule has 0 aliphatic heterocycles. The molecule has 0 saturated carbocycles. The highest BCUT2D eigenvalue weighted by Gasteiger charge is 2.08. The van der Waals surface area contributed by atoms with Crippen LogP contribution in [0.25, 0.3) is 0 Å². The maximum atomic E-state index is 12.8. The predicted molar refractivity (Wildman–Crippen MR) is 67.3 cm³/mol. The maximum absolute atomic E-state index is 12.8. The molecule has 0 heterocycles. The van der Waals surface area contributed by atoms with Crippen LogP contribution in [-0.2, 0) is 0 Å². The number of allylic oxidation sites excluding steroid dienone is 1. The zero-order chi connectivity index (χ0) is 12.0. The molecule has 3 heteroatoms. The van der Waals surface area contributed by atoms with E-state index in [2.05, 4.69) is 11.4 Å². The molecule has 1 atom stereocenters. The van der Waals surface area contributed by atoms with Gasteiger partial charge in [-0.2, -0.15) is 0 Å². The molecule has 1 rings (SSSR count).